The Morgan fingerprint density at radius 3 is 2.43 bits per heavy atom. The Hall–Kier alpha value is -0.120. The van der Waals surface area contributed by atoms with E-state index in [1.165, 1.54) is 0 Å². The molecular weight excluding hydrogens is 96.0 g/mol. The first-order chi connectivity index (χ1) is 4.96. The van der Waals surface area contributed by atoms with Crippen LogP contribution in [-0.2, 0) is 0 Å². The van der Waals surface area contributed by atoms with Gasteiger partial charge in [-0.2, -0.15) is 0 Å². The fourth-order valence-corrected chi connectivity index (χ4v) is 0.114. The van der Waals surface area contributed by atoms with Crippen molar-refractivity contribution in [3.05, 3.63) is 0 Å². The zero-order chi connectivity index (χ0) is 10.2. The van der Waals surface area contributed by atoms with Crippen molar-refractivity contribution in [2.24, 2.45) is 0 Å². The molecule has 0 heterocycles. The van der Waals surface area contributed by atoms with Crippen LogP contribution in [0.25, 0.3) is 0 Å². The molecule has 0 aliphatic rings. The van der Waals surface area contributed by atoms with Gasteiger partial charge in [0.1, 0.15) is 0 Å². The molecule has 0 radical (unpaired) electrons. The Bertz CT molecular complexity index is 157. The van der Waals surface area contributed by atoms with Gasteiger partial charge >= 0.3 is 0 Å². The van der Waals surface area contributed by atoms with Gasteiger partial charge in [0.2, 0.25) is 0 Å². The highest BCUT2D eigenvalue weighted by Gasteiger charge is 1.96. The van der Waals surface area contributed by atoms with Gasteiger partial charge < -0.3 is 15.3 Å². The van der Waals surface area contributed by atoms with Crippen LogP contribution >= 0.6 is 0 Å². The van der Waals surface area contributed by atoms with E-state index in [0.717, 1.165) is 0 Å². The molecule has 0 amide bonds. The summed E-state index contributed by atoms with van der Waals surface area (Å²) in [6.45, 7) is -6.17. The lowest BCUT2D eigenvalue weighted by atomic mass is 10.3. The maximum atomic E-state index is 8.83. The Morgan fingerprint density at radius 1 is 1.71 bits per heavy atom. The van der Waals surface area contributed by atoms with Crippen molar-refractivity contribution in [2.45, 2.75) is 12.5 Å². The molecule has 1 atom stereocenters. The van der Waals surface area contributed by atoms with Crippen LogP contribution in [0.3, 0.4) is 0 Å². The largest absolute Gasteiger partial charge is 0.396 e. The highest BCUT2D eigenvalue weighted by molar-refractivity contribution is 4.48. The van der Waals surface area contributed by atoms with Gasteiger partial charge in [-0.05, 0) is 6.42 Å². The third kappa shape index (κ3) is 3.72. The lowest BCUT2D eigenvalue weighted by Crippen LogP contribution is -2.12. The molecule has 0 aliphatic carbocycles. The van der Waals surface area contributed by atoms with Crippen molar-refractivity contribution in [1.29, 1.82) is 0 Å². The fraction of sp³-hybridized carbons (Fsp3) is 1.00. The van der Waals surface area contributed by atoms with E-state index in [-0.39, 0.29) is 0 Å². The number of hydrogen-bond acceptors (Lipinski definition) is 3. The van der Waals surface area contributed by atoms with E-state index in [1.54, 1.807) is 0 Å². The Kier molecular flexibility index (Phi) is 1.16. The van der Waals surface area contributed by atoms with E-state index in [1.807, 2.05) is 0 Å². The molecule has 0 saturated carbocycles. The summed E-state index contributed by atoms with van der Waals surface area (Å²) in [5, 5.41) is 25.8. The zero-order valence-corrected chi connectivity index (χ0v) is 3.55. The van der Waals surface area contributed by atoms with E-state index in [4.69, 9.17) is 22.2 Å². The molecule has 0 aromatic rings. The van der Waals surface area contributed by atoms with Gasteiger partial charge in [0.15, 0.2) is 0 Å². The van der Waals surface area contributed by atoms with Gasteiger partial charge in [-0.25, -0.2) is 0 Å². The normalized spacial score (nSPS) is 33.3. The molecule has 0 aromatic carbocycles. The first-order valence-corrected chi connectivity index (χ1v) is 1.63. The van der Waals surface area contributed by atoms with Gasteiger partial charge in [-0.1, -0.05) is 0 Å². The molecule has 44 valence electrons. The van der Waals surface area contributed by atoms with Crippen LogP contribution in [0.15, 0.2) is 0 Å². The Morgan fingerprint density at radius 2 is 2.29 bits per heavy atom. The van der Waals surface area contributed by atoms with Crippen LogP contribution in [0.1, 0.15) is 13.3 Å². The number of rotatable bonds is 3. The lowest BCUT2D eigenvalue weighted by molar-refractivity contribution is 0.0721. The monoisotopic (exact) mass is 111 g/mol. The number of aliphatic hydroxyl groups is 3. The van der Waals surface area contributed by atoms with Crippen molar-refractivity contribution in [1.82, 2.24) is 0 Å². The second-order valence-electron chi connectivity index (χ2n) is 0.893. The lowest BCUT2D eigenvalue weighted by Gasteiger charge is -2.00. The van der Waals surface area contributed by atoms with Crippen LogP contribution in [0.5, 0.6) is 0 Å². The van der Waals surface area contributed by atoms with E-state index >= 15 is 0 Å². The molecule has 0 unspecified atom stereocenters. The van der Waals surface area contributed by atoms with Gasteiger partial charge in [0.25, 0.3) is 0 Å². The first kappa shape index (κ1) is 2.01. The number of hydrogen-bond donors (Lipinski definition) is 3. The minimum absolute atomic E-state index is 1.23. The maximum Gasteiger partial charge on any atom is 0.0792 e. The quantitative estimate of drug-likeness (QED) is 0.425. The molecule has 3 heteroatoms. The molecule has 3 nitrogen and oxygen atoms in total. The van der Waals surface area contributed by atoms with Crippen molar-refractivity contribution in [2.75, 3.05) is 13.1 Å². The summed E-state index contributed by atoms with van der Waals surface area (Å²) in [7, 11) is 0. The molecule has 0 aromatic heterocycles. The third-order valence-electron chi connectivity index (χ3n) is 0.376. The van der Waals surface area contributed by atoms with Gasteiger partial charge in [-0.3, -0.25) is 0 Å². The molecule has 0 aliphatic heterocycles. The minimum Gasteiger partial charge on any atom is -0.396 e. The smallest absolute Gasteiger partial charge is 0.0792 e. The van der Waals surface area contributed by atoms with E-state index in [9.17, 15) is 0 Å². The predicted molar refractivity (Wildman–Crippen MR) is 24.8 cm³/mol. The van der Waals surface area contributed by atoms with Crippen LogP contribution in [0.2, 0.25) is 0 Å². The average Bonchev–Trinajstić information content (AvgIpc) is 1.52. The van der Waals surface area contributed by atoms with Crippen molar-refractivity contribution < 1.29 is 22.2 Å². The first-order valence-electron chi connectivity index (χ1n) is 4.13. The summed E-state index contributed by atoms with van der Waals surface area (Å²) in [5.74, 6) is 0. The summed E-state index contributed by atoms with van der Waals surface area (Å²) in [6.07, 6.45) is -4.30. The van der Waals surface area contributed by atoms with E-state index < -0.39 is 25.6 Å². The highest BCUT2D eigenvalue weighted by Crippen LogP contribution is 1.84. The summed E-state index contributed by atoms with van der Waals surface area (Å²) in [4.78, 5) is 0. The van der Waals surface area contributed by atoms with E-state index in [0.29, 0.717) is 0 Å². The minimum atomic E-state index is -3.27. The molecule has 0 bridgehead atoms. The van der Waals surface area contributed by atoms with Crippen molar-refractivity contribution in [3.8, 4) is 0 Å². The van der Waals surface area contributed by atoms with Crippen LogP contribution in [0, 0.1) is 0 Å². The summed E-state index contributed by atoms with van der Waals surface area (Å²) < 4.78 is 32.9. The van der Waals surface area contributed by atoms with Crippen molar-refractivity contribution in [3.63, 3.8) is 0 Å². The topological polar surface area (TPSA) is 60.7 Å². The summed E-state index contributed by atoms with van der Waals surface area (Å²) >= 11 is 0. The molecule has 7 heavy (non-hydrogen) atoms. The molecule has 0 fully saturated rings. The molecular formula is C4H10O3. The van der Waals surface area contributed by atoms with Gasteiger partial charge in [0, 0.05) is 6.56 Å². The standard InChI is InChI=1S/C4H10O3/c5-2-1-4(7)3-6/h4-7H,1-3H2/t4-/m0/s1/i2D2,3D2,4D. The SMILES string of the molecule is [2H]C([2H])(O)C[C@]([2H])(O)C([2H])([2H])O. The Balaban J connectivity index is 4.44. The maximum absolute atomic E-state index is 8.83. The summed E-state index contributed by atoms with van der Waals surface area (Å²) in [6, 6.07) is 0. The van der Waals surface area contributed by atoms with E-state index in [2.05, 4.69) is 0 Å². The highest BCUT2D eigenvalue weighted by atomic mass is 16.3. The fourth-order valence-electron chi connectivity index (χ4n) is 0.114. The molecule has 3 N–H and O–H groups in total. The third-order valence-corrected chi connectivity index (χ3v) is 0.376. The van der Waals surface area contributed by atoms with Gasteiger partial charge in [-0.15, -0.1) is 0 Å². The zero-order valence-electron chi connectivity index (χ0n) is 8.55. The van der Waals surface area contributed by atoms with Crippen LogP contribution in [-0.4, -0.2) is 34.5 Å². The molecule has 0 saturated heterocycles. The molecule has 0 rings (SSSR count). The second kappa shape index (κ2) is 4.05. The average molecular weight is 111 g/mol. The van der Waals surface area contributed by atoms with Crippen LogP contribution < -0.4 is 0 Å². The molecule has 0 spiro atoms. The predicted octanol–water partition coefficient (Wildman–Crippen LogP) is -1.28. The van der Waals surface area contributed by atoms with Crippen molar-refractivity contribution >= 4 is 0 Å². The van der Waals surface area contributed by atoms with Crippen LogP contribution in [0.4, 0.5) is 0 Å². The summed E-state index contributed by atoms with van der Waals surface area (Å²) in [5.41, 5.74) is 0. The van der Waals surface area contributed by atoms with Gasteiger partial charge in [0.05, 0.1) is 19.5 Å². The Labute approximate surface area is 49.2 Å². The second-order valence-corrected chi connectivity index (χ2v) is 0.893.